The lowest BCUT2D eigenvalue weighted by atomic mass is 9.73. The highest BCUT2D eigenvalue weighted by molar-refractivity contribution is 5.79. The molecule has 4 rings (SSSR count). The van der Waals surface area contributed by atoms with Crippen molar-refractivity contribution in [3.05, 3.63) is 59.7 Å². The van der Waals surface area contributed by atoms with Crippen LogP contribution in [0.4, 0.5) is 0 Å². The Bertz CT molecular complexity index is 1040. The second kappa shape index (κ2) is 12.4. The first-order chi connectivity index (χ1) is 17.8. The first kappa shape index (κ1) is 27.6. The number of carbonyl (C=O) groups is 1. The van der Waals surface area contributed by atoms with Crippen LogP contribution < -0.4 is 10.5 Å². The van der Waals surface area contributed by atoms with E-state index in [1.54, 1.807) is 7.11 Å². The summed E-state index contributed by atoms with van der Waals surface area (Å²) in [5.74, 6) is 1.04. The summed E-state index contributed by atoms with van der Waals surface area (Å²) in [4.78, 5) is 15.3. The fraction of sp³-hybridized carbons (Fsp3) is 0.567. The van der Waals surface area contributed by atoms with Crippen molar-refractivity contribution >= 4 is 5.91 Å². The van der Waals surface area contributed by atoms with E-state index in [4.69, 9.17) is 15.2 Å². The minimum Gasteiger partial charge on any atom is -0.457 e. The minimum atomic E-state index is -1.17. The van der Waals surface area contributed by atoms with Crippen molar-refractivity contribution in [2.75, 3.05) is 26.8 Å². The van der Waals surface area contributed by atoms with Crippen molar-refractivity contribution in [3.63, 3.8) is 0 Å². The summed E-state index contributed by atoms with van der Waals surface area (Å²) >= 11 is 0. The third-order valence-corrected chi connectivity index (χ3v) is 8.16. The van der Waals surface area contributed by atoms with E-state index in [1.807, 2.05) is 60.4 Å². The predicted octanol–water partition coefficient (Wildman–Crippen LogP) is 4.13. The second-order valence-electron chi connectivity index (χ2n) is 10.8. The van der Waals surface area contributed by atoms with Gasteiger partial charge in [-0.15, -0.1) is 0 Å². The van der Waals surface area contributed by atoms with Gasteiger partial charge in [0.1, 0.15) is 11.5 Å². The van der Waals surface area contributed by atoms with Crippen LogP contribution in [-0.2, 0) is 15.1 Å². The Morgan fingerprint density at radius 3 is 2.54 bits per heavy atom. The molecule has 7 nitrogen and oxygen atoms in total. The Balaban J connectivity index is 1.61. The van der Waals surface area contributed by atoms with E-state index in [1.165, 1.54) is 0 Å². The predicted molar refractivity (Wildman–Crippen MR) is 143 cm³/mol. The number of ether oxygens (including phenoxy) is 2. The molecule has 1 aliphatic carbocycles. The van der Waals surface area contributed by atoms with Crippen LogP contribution in [0.25, 0.3) is 0 Å². The third-order valence-electron chi connectivity index (χ3n) is 8.16. The monoisotopic (exact) mass is 510 g/mol. The molecule has 1 saturated carbocycles. The lowest BCUT2D eigenvalue weighted by Crippen LogP contribution is -2.49. The van der Waals surface area contributed by atoms with Gasteiger partial charge in [-0.2, -0.15) is 0 Å². The number of aliphatic hydroxyl groups excluding tert-OH is 1. The molecule has 1 unspecified atom stereocenters. The van der Waals surface area contributed by atoms with Gasteiger partial charge in [-0.05, 0) is 69.6 Å². The molecule has 2 aromatic carbocycles. The maximum atomic E-state index is 13.4. The van der Waals surface area contributed by atoms with E-state index in [2.05, 4.69) is 0 Å². The number of nitrogens with two attached hydrogens (primary N) is 1. The summed E-state index contributed by atoms with van der Waals surface area (Å²) in [6.07, 6.45) is 4.10. The molecule has 0 radical (unpaired) electrons. The van der Waals surface area contributed by atoms with E-state index in [-0.39, 0.29) is 23.8 Å². The number of rotatable bonds is 10. The topological polar surface area (TPSA) is 105 Å². The van der Waals surface area contributed by atoms with E-state index < -0.39 is 11.7 Å². The quantitative estimate of drug-likeness (QED) is 0.415. The molecule has 37 heavy (non-hydrogen) atoms. The van der Waals surface area contributed by atoms with E-state index >= 15 is 0 Å². The van der Waals surface area contributed by atoms with Crippen LogP contribution in [0.3, 0.4) is 0 Å². The molecule has 2 aromatic rings. The summed E-state index contributed by atoms with van der Waals surface area (Å²) in [5, 5.41) is 22.6. The van der Waals surface area contributed by atoms with Gasteiger partial charge in [0.05, 0.1) is 11.7 Å². The van der Waals surface area contributed by atoms with Crippen LogP contribution in [0.15, 0.2) is 48.5 Å². The summed E-state index contributed by atoms with van der Waals surface area (Å²) < 4.78 is 11.6. The average Bonchev–Trinajstić information content (AvgIpc) is 3.25. The maximum Gasteiger partial charge on any atom is 0.225 e. The first-order valence-electron chi connectivity index (χ1n) is 13.6. The zero-order valence-electron chi connectivity index (χ0n) is 22.1. The van der Waals surface area contributed by atoms with Crippen molar-refractivity contribution in [2.45, 2.75) is 69.6 Å². The summed E-state index contributed by atoms with van der Waals surface area (Å²) in [6.45, 7) is 3.78. The van der Waals surface area contributed by atoms with Crippen LogP contribution in [0.1, 0.15) is 56.1 Å². The van der Waals surface area contributed by atoms with E-state index in [9.17, 15) is 15.0 Å². The summed E-state index contributed by atoms with van der Waals surface area (Å²) in [7, 11) is 1.69. The largest absolute Gasteiger partial charge is 0.457 e. The summed E-state index contributed by atoms with van der Waals surface area (Å²) in [6, 6.07) is 15.2. The highest BCUT2D eigenvalue weighted by Gasteiger charge is 2.44. The molecule has 0 aromatic heterocycles. The van der Waals surface area contributed by atoms with Crippen LogP contribution in [-0.4, -0.2) is 60.0 Å². The van der Waals surface area contributed by atoms with Gasteiger partial charge in [0.15, 0.2) is 0 Å². The van der Waals surface area contributed by atoms with Gasteiger partial charge >= 0.3 is 0 Å². The highest BCUT2D eigenvalue weighted by Crippen LogP contribution is 2.45. The average molecular weight is 511 g/mol. The molecule has 1 amide bonds. The second-order valence-corrected chi connectivity index (χ2v) is 10.8. The number of methoxy groups -OCH3 is 1. The third kappa shape index (κ3) is 6.34. The molecule has 2 fully saturated rings. The van der Waals surface area contributed by atoms with Gasteiger partial charge in [-0.3, -0.25) is 4.79 Å². The van der Waals surface area contributed by atoms with Crippen LogP contribution in [0, 0.1) is 18.8 Å². The zero-order chi connectivity index (χ0) is 26.4. The molecule has 1 heterocycles. The molecule has 5 atom stereocenters. The molecule has 7 heteroatoms. The number of aryl methyl sites for hydroxylation is 1. The Hall–Kier alpha value is -2.45. The number of hydrogen-bond donors (Lipinski definition) is 3. The Morgan fingerprint density at radius 2 is 1.84 bits per heavy atom. The van der Waals surface area contributed by atoms with E-state index in [0.29, 0.717) is 44.7 Å². The number of benzene rings is 2. The van der Waals surface area contributed by atoms with Gasteiger partial charge in [0, 0.05) is 50.2 Å². The van der Waals surface area contributed by atoms with Crippen molar-refractivity contribution in [2.24, 2.45) is 17.6 Å². The standard InChI is InChI=1S/C30H42N2O5/c1-21-10-3-5-13-27(21)37-28-14-6-4-12-24(28)30(35,15-7-8-17-36-2)23-11-9-16-32(20-23)29(34)22-18-25(31)26(33)19-22/h3-6,10,12-14,22-23,25-26,33,35H,7-9,11,15-20,31H2,1-2H3/t22-,23?,25+,26-,30-/m0/s1. The molecule has 2 aliphatic rings. The van der Waals surface area contributed by atoms with Crippen LogP contribution >= 0.6 is 0 Å². The maximum absolute atomic E-state index is 13.4. The number of unbranched alkanes of at least 4 members (excludes halogenated alkanes) is 1. The number of aliphatic hydroxyl groups is 2. The van der Waals surface area contributed by atoms with Crippen molar-refractivity contribution in [1.82, 2.24) is 4.90 Å². The lowest BCUT2D eigenvalue weighted by molar-refractivity contribution is -0.141. The molecule has 1 aliphatic heterocycles. The van der Waals surface area contributed by atoms with Crippen LogP contribution in [0.2, 0.25) is 0 Å². The van der Waals surface area contributed by atoms with Crippen molar-refractivity contribution < 1.29 is 24.5 Å². The molecule has 0 spiro atoms. The fourth-order valence-electron chi connectivity index (χ4n) is 5.98. The Labute approximate surface area is 220 Å². The molecule has 202 valence electrons. The van der Waals surface area contributed by atoms with Gasteiger partial charge < -0.3 is 30.3 Å². The normalized spacial score (nSPS) is 25.6. The molecule has 0 bridgehead atoms. The van der Waals surface area contributed by atoms with Gasteiger partial charge in [-0.25, -0.2) is 0 Å². The van der Waals surface area contributed by atoms with Gasteiger partial charge in [0.2, 0.25) is 5.91 Å². The lowest BCUT2D eigenvalue weighted by Gasteiger charge is -2.44. The number of amides is 1. The number of hydrogen-bond acceptors (Lipinski definition) is 6. The molecular formula is C30H42N2O5. The Kier molecular flexibility index (Phi) is 9.24. The first-order valence-corrected chi connectivity index (χ1v) is 13.6. The molecule has 4 N–H and O–H groups in total. The Morgan fingerprint density at radius 1 is 1.11 bits per heavy atom. The number of carbonyl (C=O) groups excluding carboxylic acids is 1. The fourth-order valence-corrected chi connectivity index (χ4v) is 5.98. The number of likely N-dealkylation sites (tertiary alicyclic amines) is 1. The molecule has 1 saturated heterocycles. The van der Waals surface area contributed by atoms with Gasteiger partial charge in [-0.1, -0.05) is 36.4 Å². The SMILES string of the molecule is COCCCC[C@@](O)(c1ccccc1Oc1ccccc1C)C1CCCN(C(=O)[C@H]2C[C@@H](N)[C@@H](O)C2)C1. The number of nitrogens with zero attached hydrogens (tertiary/aromatic N) is 1. The minimum absolute atomic E-state index is 0.0443. The molecular weight excluding hydrogens is 468 g/mol. The smallest absolute Gasteiger partial charge is 0.225 e. The van der Waals surface area contributed by atoms with Crippen LogP contribution in [0.5, 0.6) is 11.5 Å². The van der Waals surface area contributed by atoms with Gasteiger partial charge in [0.25, 0.3) is 0 Å². The highest BCUT2D eigenvalue weighted by atomic mass is 16.5. The van der Waals surface area contributed by atoms with Crippen molar-refractivity contribution in [3.8, 4) is 11.5 Å². The zero-order valence-corrected chi connectivity index (χ0v) is 22.1. The van der Waals surface area contributed by atoms with Crippen molar-refractivity contribution in [1.29, 1.82) is 0 Å². The van der Waals surface area contributed by atoms with E-state index in [0.717, 1.165) is 42.6 Å². The number of para-hydroxylation sites is 2. The number of piperidine rings is 1. The summed E-state index contributed by atoms with van der Waals surface area (Å²) in [5.41, 5.74) is 6.60.